The number of primary sulfonamides is 1. The number of carbonyl (C=O) groups excluding carboxylic acids is 1. The van der Waals surface area contributed by atoms with Gasteiger partial charge in [0.25, 0.3) is 0 Å². The molecule has 1 atom stereocenters. The number of allylic oxidation sites excluding steroid dienone is 1. The lowest BCUT2D eigenvalue weighted by Gasteiger charge is -2.24. The van der Waals surface area contributed by atoms with Crippen LogP contribution in [0.15, 0.2) is 58.6 Å². The Labute approximate surface area is 186 Å². The molecule has 5 N–H and O–H groups in total. The number of nitrogens with zero attached hydrogens (tertiary/aromatic N) is 1. The van der Waals surface area contributed by atoms with Gasteiger partial charge >= 0.3 is 0 Å². The average molecular weight is 463 g/mol. The van der Waals surface area contributed by atoms with Crippen LogP contribution in [0.1, 0.15) is 17.5 Å². The van der Waals surface area contributed by atoms with E-state index in [-0.39, 0.29) is 34.6 Å². The van der Waals surface area contributed by atoms with Crippen molar-refractivity contribution >= 4 is 45.0 Å². The molecule has 0 radical (unpaired) electrons. The standard InChI is InChI=1S/C21H23ClN4O4S/c22-19-4-2-1-3-14(19)9-21(27)26-16-5-6-18(20(10-16)31(24,28)29)15(11-23)12-25-13-17-7-8-30-17/h1-6,10-12,17H,7-9,13,23H2,(H,26,27)(H2,24,28,29). The fraction of sp³-hybridized carbons (Fsp3) is 0.238. The zero-order chi connectivity index (χ0) is 22.4. The zero-order valence-corrected chi connectivity index (χ0v) is 18.2. The molecule has 1 amide bonds. The highest BCUT2D eigenvalue weighted by atomic mass is 35.5. The minimum atomic E-state index is -4.10. The first-order valence-electron chi connectivity index (χ1n) is 9.51. The van der Waals surface area contributed by atoms with Crippen LogP contribution in [-0.4, -0.2) is 39.8 Å². The summed E-state index contributed by atoms with van der Waals surface area (Å²) in [6, 6.07) is 11.4. The van der Waals surface area contributed by atoms with Crippen LogP contribution in [0.2, 0.25) is 5.02 Å². The minimum Gasteiger partial charge on any atom is -0.404 e. The van der Waals surface area contributed by atoms with Gasteiger partial charge in [-0.2, -0.15) is 0 Å². The maximum atomic E-state index is 12.4. The van der Waals surface area contributed by atoms with Gasteiger partial charge in [0.1, 0.15) is 0 Å². The molecule has 1 fully saturated rings. The molecule has 1 heterocycles. The third-order valence-electron chi connectivity index (χ3n) is 4.70. The van der Waals surface area contributed by atoms with Crippen molar-refractivity contribution in [2.75, 3.05) is 18.5 Å². The van der Waals surface area contributed by atoms with E-state index in [1.807, 2.05) is 0 Å². The van der Waals surface area contributed by atoms with Crippen molar-refractivity contribution in [2.45, 2.75) is 23.8 Å². The number of hydrogen-bond donors (Lipinski definition) is 3. The van der Waals surface area contributed by atoms with E-state index < -0.39 is 10.0 Å². The molecule has 31 heavy (non-hydrogen) atoms. The summed E-state index contributed by atoms with van der Waals surface area (Å²) in [5.41, 5.74) is 7.30. The summed E-state index contributed by atoms with van der Waals surface area (Å²) in [5, 5.41) is 8.55. The van der Waals surface area contributed by atoms with E-state index in [0.29, 0.717) is 22.7 Å². The molecule has 1 unspecified atom stereocenters. The van der Waals surface area contributed by atoms with Crippen LogP contribution in [-0.2, 0) is 26.0 Å². The quantitative estimate of drug-likeness (QED) is 0.517. The van der Waals surface area contributed by atoms with Gasteiger partial charge in [-0.25, -0.2) is 13.6 Å². The summed E-state index contributed by atoms with van der Waals surface area (Å²) >= 11 is 6.09. The first-order valence-corrected chi connectivity index (χ1v) is 11.4. The van der Waals surface area contributed by atoms with E-state index in [1.54, 1.807) is 30.3 Å². The molecule has 3 rings (SSSR count). The number of aliphatic imine (C=N–C) groups is 1. The molecule has 8 nitrogen and oxygen atoms in total. The molecule has 1 saturated heterocycles. The van der Waals surface area contributed by atoms with Gasteiger partial charge in [-0.3, -0.25) is 9.79 Å². The third kappa shape index (κ3) is 6.14. The predicted molar refractivity (Wildman–Crippen MR) is 121 cm³/mol. The summed E-state index contributed by atoms with van der Waals surface area (Å²) < 4.78 is 29.7. The van der Waals surface area contributed by atoms with E-state index in [2.05, 4.69) is 10.3 Å². The van der Waals surface area contributed by atoms with Crippen LogP contribution in [0.25, 0.3) is 5.57 Å². The zero-order valence-electron chi connectivity index (χ0n) is 16.6. The Hall–Kier alpha value is -2.72. The number of nitrogens with two attached hydrogens (primary N) is 2. The fourth-order valence-electron chi connectivity index (χ4n) is 2.99. The van der Waals surface area contributed by atoms with Gasteiger partial charge in [-0.05, 0) is 30.2 Å². The maximum Gasteiger partial charge on any atom is 0.238 e. The van der Waals surface area contributed by atoms with Crippen LogP contribution in [0.4, 0.5) is 5.69 Å². The number of anilines is 1. The van der Waals surface area contributed by atoms with Gasteiger partial charge in [0.2, 0.25) is 15.9 Å². The third-order valence-corrected chi connectivity index (χ3v) is 6.02. The molecule has 1 aliphatic heterocycles. The monoisotopic (exact) mass is 462 g/mol. The number of nitrogens with one attached hydrogen (secondary N) is 1. The molecule has 164 valence electrons. The molecule has 0 saturated carbocycles. The second-order valence-electron chi connectivity index (χ2n) is 6.97. The van der Waals surface area contributed by atoms with Crippen LogP contribution in [0.3, 0.4) is 0 Å². The molecule has 0 aliphatic carbocycles. The number of ether oxygens (including phenoxy) is 1. The van der Waals surface area contributed by atoms with Gasteiger partial charge in [0, 0.05) is 40.9 Å². The van der Waals surface area contributed by atoms with E-state index in [9.17, 15) is 13.2 Å². The van der Waals surface area contributed by atoms with Crippen molar-refractivity contribution < 1.29 is 17.9 Å². The van der Waals surface area contributed by atoms with Gasteiger partial charge in [0.05, 0.1) is 24.0 Å². The van der Waals surface area contributed by atoms with Crippen molar-refractivity contribution in [3.63, 3.8) is 0 Å². The van der Waals surface area contributed by atoms with Crippen molar-refractivity contribution in [1.82, 2.24) is 0 Å². The maximum absolute atomic E-state index is 12.4. The lowest BCUT2D eigenvalue weighted by Crippen LogP contribution is -2.29. The van der Waals surface area contributed by atoms with Gasteiger partial charge < -0.3 is 15.8 Å². The Morgan fingerprint density at radius 2 is 2.03 bits per heavy atom. The highest BCUT2D eigenvalue weighted by Crippen LogP contribution is 2.26. The second-order valence-corrected chi connectivity index (χ2v) is 8.91. The van der Waals surface area contributed by atoms with Crippen LogP contribution < -0.4 is 16.2 Å². The Bertz CT molecular complexity index is 1130. The van der Waals surface area contributed by atoms with E-state index in [0.717, 1.165) is 13.0 Å². The summed E-state index contributed by atoms with van der Waals surface area (Å²) in [4.78, 5) is 16.5. The van der Waals surface area contributed by atoms with Crippen molar-refractivity contribution in [3.05, 3.63) is 64.8 Å². The van der Waals surface area contributed by atoms with Crippen LogP contribution >= 0.6 is 11.6 Å². The highest BCUT2D eigenvalue weighted by Gasteiger charge is 2.19. The molecule has 2 aromatic rings. The fourth-order valence-corrected chi connectivity index (χ4v) is 3.98. The first kappa shape index (κ1) is 23.0. The summed E-state index contributed by atoms with van der Waals surface area (Å²) in [6.45, 7) is 1.18. The van der Waals surface area contributed by atoms with Crippen LogP contribution in [0, 0.1) is 0 Å². The number of sulfonamides is 1. The summed E-state index contributed by atoms with van der Waals surface area (Å²) in [7, 11) is -4.10. The highest BCUT2D eigenvalue weighted by molar-refractivity contribution is 7.89. The van der Waals surface area contributed by atoms with Crippen molar-refractivity contribution in [1.29, 1.82) is 0 Å². The molecule has 2 aromatic carbocycles. The molecule has 10 heteroatoms. The molecule has 0 aromatic heterocycles. The molecule has 0 bridgehead atoms. The Balaban J connectivity index is 1.80. The lowest BCUT2D eigenvalue weighted by atomic mass is 10.1. The van der Waals surface area contributed by atoms with Gasteiger partial charge in [-0.1, -0.05) is 35.9 Å². The van der Waals surface area contributed by atoms with Crippen molar-refractivity contribution in [2.24, 2.45) is 15.9 Å². The first-order chi connectivity index (χ1) is 14.8. The van der Waals surface area contributed by atoms with E-state index in [4.69, 9.17) is 27.2 Å². The van der Waals surface area contributed by atoms with Crippen molar-refractivity contribution in [3.8, 4) is 0 Å². The van der Waals surface area contributed by atoms with E-state index in [1.165, 1.54) is 24.5 Å². The minimum absolute atomic E-state index is 0.0377. The largest absolute Gasteiger partial charge is 0.404 e. The second kappa shape index (κ2) is 10.1. The summed E-state index contributed by atoms with van der Waals surface area (Å²) in [6.07, 6.45) is 3.79. The topological polar surface area (TPSA) is 137 Å². The smallest absolute Gasteiger partial charge is 0.238 e. The number of rotatable bonds is 8. The number of amides is 1. The Morgan fingerprint density at radius 1 is 1.29 bits per heavy atom. The molecule has 0 spiro atoms. The number of benzene rings is 2. The number of carbonyl (C=O) groups is 1. The SMILES string of the molecule is NC=C(C=NCC1CCO1)c1ccc(NC(=O)Cc2ccccc2Cl)cc1S(N)(=O)=O. The van der Waals surface area contributed by atoms with Crippen LogP contribution in [0.5, 0.6) is 0 Å². The Morgan fingerprint density at radius 3 is 2.65 bits per heavy atom. The average Bonchev–Trinajstić information content (AvgIpc) is 2.68. The lowest BCUT2D eigenvalue weighted by molar-refractivity contribution is -0.115. The summed E-state index contributed by atoms with van der Waals surface area (Å²) in [5.74, 6) is -0.349. The Kier molecular flexibility index (Phi) is 7.45. The predicted octanol–water partition coefficient (Wildman–Crippen LogP) is 2.33. The number of halogens is 1. The molecule has 1 aliphatic rings. The van der Waals surface area contributed by atoms with E-state index >= 15 is 0 Å². The van der Waals surface area contributed by atoms with Gasteiger partial charge in [0.15, 0.2) is 0 Å². The van der Waals surface area contributed by atoms with Gasteiger partial charge in [-0.15, -0.1) is 0 Å². The number of hydrogen-bond acceptors (Lipinski definition) is 6. The molecular formula is C21H23ClN4O4S. The normalized spacial score (nSPS) is 16.8. The molecular weight excluding hydrogens is 440 g/mol.